The molecule has 0 unspecified atom stereocenters. The van der Waals surface area contributed by atoms with Crippen molar-refractivity contribution in [3.05, 3.63) is 70.7 Å². The summed E-state index contributed by atoms with van der Waals surface area (Å²) < 4.78 is 32.8. The summed E-state index contributed by atoms with van der Waals surface area (Å²) >= 11 is 1.13. The highest BCUT2D eigenvalue weighted by Gasteiger charge is 2.21. The summed E-state index contributed by atoms with van der Waals surface area (Å²) in [6.07, 6.45) is 0. The van der Waals surface area contributed by atoms with Crippen molar-refractivity contribution in [3.63, 3.8) is 0 Å². The van der Waals surface area contributed by atoms with Crippen molar-refractivity contribution in [2.24, 2.45) is 0 Å². The number of benzene rings is 2. The molecule has 1 heterocycles. The first-order valence-electron chi connectivity index (χ1n) is 7.81. The average molecular weight is 385 g/mol. The van der Waals surface area contributed by atoms with Crippen LogP contribution >= 0.6 is 11.3 Å². The van der Waals surface area contributed by atoms with E-state index in [9.17, 15) is 13.6 Å². The molecule has 0 saturated carbocycles. The summed E-state index contributed by atoms with van der Waals surface area (Å²) in [6.45, 7) is 1.34. The molecule has 3 aromatic rings. The number of para-hydroxylation sites is 1. The zero-order chi connectivity index (χ0) is 19.4. The number of rotatable bonds is 5. The quantitative estimate of drug-likeness (QED) is 0.646. The molecule has 0 aliphatic carbocycles. The number of hydrogen-bond acceptors (Lipinski definition) is 5. The zero-order valence-electron chi connectivity index (χ0n) is 14.1. The van der Waals surface area contributed by atoms with Gasteiger partial charge in [0.15, 0.2) is 5.13 Å². The van der Waals surface area contributed by atoms with Gasteiger partial charge in [-0.05, 0) is 24.3 Å². The Labute approximate surface area is 158 Å². The van der Waals surface area contributed by atoms with Gasteiger partial charge in [0.05, 0.1) is 16.9 Å². The van der Waals surface area contributed by atoms with Gasteiger partial charge in [0, 0.05) is 18.4 Å². The molecule has 0 bridgehead atoms. The summed E-state index contributed by atoms with van der Waals surface area (Å²) in [4.78, 5) is 17.4. The van der Waals surface area contributed by atoms with E-state index < -0.39 is 17.5 Å². The molecule has 2 aromatic carbocycles. The lowest BCUT2D eigenvalue weighted by Gasteiger charge is -2.18. The van der Waals surface area contributed by atoms with E-state index in [0.717, 1.165) is 22.3 Å². The largest absolute Gasteiger partial charge is 0.486 e. The van der Waals surface area contributed by atoms with Gasteiger partial charge in [-0.3, -0.25) is 9.69 Å². The fourth-order valence-electron chi connectivity index (χ4n) is 2.37. The summed E-state index contributed by atoms with van der Waals surface area (Å²) in [5.74, 6) is -1.63. The lowest BCUT2D eigenvalue weighted by molar-refractivity contribution is -0.115. The maximum atomic E-state index is 14.1. The minimum atomic E-state index is -0.860. The maximum Gasteiger partial charge on any atom is 0.230 e. The van der Waals surface area contributed by atoms with Crippen LogP contribution in [0, 0.1) is 23.0 Å². The summed E-state index contributed by atoms with van der Waals surface area (Å²) in [7, 11) is 0. The van der Waals surface area contributed by atoms with Crippen molar-refractivity contribution < 1.29 is 18.3 Å². The Hall–Kier alpha value is -3.31. The Morgan fingerprint density at radius 2 is 2.07 bits per heavy atom. The van der Waals surface area contributed by atoms with Crippen molar-refractivity contribution in [1.82, 2.24) is 4.98 Å². The number of nitriles is 1. The Kier molecular flexibility index (Phi) is 5.43. The number of hydrogen-bond donors (Lipinski definition) is 0. The van der Waals surface area contributed by atoms with Gasteiger partial charge in [0.2, 0.25) is 5.91 Å². The molecule has 3 rings (SSSR count). The molecule has 5 nitrogen and oxygen atoms in total. The van der Waals surface area contributed by atoms with Crippen LogP contribution in [0.2, 0.25) is 0 Å². The first-order valence-corrected chi connectivity index (χ1v) is 8.69. The lowest BCUT2D eigenvalue weighted by Crippen LogP contribution is -2.23. The first kappa shape index (κ1) is 18.5. The van der Waals surface area contributed by atoms with Gasteiger partial charge in [-0.15, -0.1) is 11.3 Å². The number of carbonyl (C=O) groups excluding carboxylic acids is 1. The highest BCUT2D eigenvalue weighted by atomic mass is 32.1. The topological polar surface area (TPSA) is 66.2 Å². The molecule has 0 N–H and O–H groups in total. The number of halogens is 2. The lowest BCUT2D eigenvalue weighted by atomic mass is 10.2. The molecule has 1 amide bonds. The molecule has 1 aromatic heterocycles. The predicted molar refractivity (Wildman–Crippen MR) is 96.8 cm³/mol. The van der Waals surface area contributed by atoms with Crippen LogP contribution in [-0.4, -0.2) is 10.9 Å². The van der Waals surface area contributed by atoms with Crippen LogP contribution in [0.4, 0.5) is 19.6 Å². The normalized spacial score (nSPS) is 10.3. The SMILES string of the molecule is CC(=O)N(c1nc(COc2ccccc2C#N)cs1)c1ccc(F)cc1F. The van der Waals surface area contributed by atoms with E-state index in [1.54, 1.807) is 29.6 Å². The summed E-state index contributed by atoms with van der Waals surface area (Å²) in [5.41, 5.74) is 0.823. The molecular formula is C19H13F2N3O2S. The van der Waals surface area contributed by atoms with Crippen LogP contribution in [0.3, 0.4) is 0 Å². The predicted octanol–water partition coefficient (Wildman–Crippen LogP) is 4.56. The monoisotopic (exact) mass is 385 g/mol. The minimum absolute atomic E-state index is 0.0762. The van der Waals surface area contributed by atoms with Crippen LogP contribution in [0.15, 0.2) is 47.8 Å². The van der Waals surface area contributed by atoms with E-state index >= 15 is 0 Å². The second-order valence-electron chi connectivity index (χ2n) is 5.47. The van der Waals surface area contributed by atoms with Gasteiger partial charge in [-0.25, -0.2) is 13.8 Å². The number of thiazole rings is 1. The van der Waals surface area contributed by atoms with E-state index in [0.29, 0.717) is 23.1 Å². The molecule has 0 fully saturated rings. The van der Waals surface area contributed by atoms with E-state index in [1.165, 1.54) is 13.0 Å². The molecule has 27 heavy (non-hydrogen) atoms. The van der Waals surface area contributed by atoms with E-state index in [-0.39, 0.29) is 17.4 Å². The first-order chi connectivity index (χ1) is 13.0. The summed E-state index contributed by atoms with van der Waals surface area (Å²) in [5, 5.41) is 11.0. The van der Waals surface area contributed by atoms with E-state index in [1.807, 2.05) is 6.07 Å². The van der Waals surface area contributed by atoms with Crippen molar-refractivity contribution in [3.8, 4) is 11.8 Å². The van der Waals surface area contributed by atoms with Crippen LogP contribution in [0.1, 0.15) is 18.2 Å². The van der Waals surface area contributed by atoms with Gasteiger partial charge < -0.3 is 4.74 Å². The van der Waals surface area contributed by atoms with Gasteiger partial charge in [-0.1, -0.05) is 12.1 Å². The molecule has 0 saturated heterocycles. The highest BCUT2D eigenvalue weighted by Crippen LogP contribution is 2.31. The third-order valence-corrected chi connectivity index (χ3v) is 4.45. The van der Waals surface area contributed by atoms with Crippen LogP contribution < -0.4 is 9.64 Å². The fourth-order valence-corrected chi connectivity index (χ4v) is 3.24. The van der Waals surface area contributed by atoms with E-state index in [4.69, 9.17) is 10.00 Å². The fraction of sp³-hybridized carbons (Fsp3) is 0.105. The van der Waals surface area contributed by atoms with Crippen LogP contribution in [0.25, 0.3) is 0 Å². The average Bonchev–Trinajstić information content (AvgIpc) is 3.10. The zero-order valence-corrected chi connectivity index (χ0v) is 15.0. The Morgan fingerprint density at radius 3 is 2.78 bits per heavy atom. The number of aromatic nitrogens is 1. The third kappa shape index (κ3) is 4.10. The molecule has 136 valence electrons. The Balaban J connectivity index is 1.82. The van der Waals surface area contributed by atoms with Crippen molar-refractivity contribution in [1.29, 1.82) is 5.26 Å². The molecule has 0 aliphatic heterocycles. The molecule has 0 atom stereocenters. The number of nitrogens with zero attached hydrogens (tertiary/aromatic N) is 3. The van der Waals surface area contributed by atoms with Gasteiger partial charge in [-0.2, -0.15) is 5.26 Å². The maximum absolute atomic E-state index is 14.1. The molecule has 0 radical (unpaired) electrons. The van der Waals surface area contributed by atoms with E-state index in [2.05, 4.69) is 4.98 Å². The van der Waals surface area contributed by atoms with Gasteiger partial charge in [0.25, 0.3) is 0 Å². The Bertz CT molecular complexity index is 1030. The highest BCUT2D eigenvalue weighted by molar-refractivity contribution is 7.14. The van der Waals surface area contributed by atoms with Crippen molar-refractivity contribution >= 4 is 28.1 Å². The molecule has 0 aliphatic rings. The van der Waals surface area contributed by atoms with Crippen LogP contribution in [0.5, 0.6) is 5.75 Å². The van der Waals surface area contributed by atoms with Crippen molar-refractivity contribution in [2.75, 3.05) is 4.90 Å². The second-order valence-corrected chi connectivity index (χ2v) is 6.30. The molecule has 0 spiro atoms. The molecule has 8 heteroatoms. The Morgan fingerprint density at radius 1 is 1.30 bits per heavy atom. The number of carbonyl (C=O) groups is 1. The van der Waals surface area contributed by atoms with Gasteiger partial charge >= 0.3 is 0 Å². The van der Waals surface area contributed by atoms with Gasteiger partial charge in [0.1, 0.15) is 30.1 Å². The standard InChI is InChI=1S/C19H13F2N3O2S/c1-12(25)24(17-7-6-14(20)8-16(17)21)19-23-15(11-27-19)10-26-18-5-3-2-4-13(18)9-22/h2-8,11H,10H2,1H3. The second kappa shape index (κ2) is 7.93. The molecular weight excluding hydrogens is 372 g/mol. The number of ether oxygens (including phenoxy) is 1. The number of anilines is 2. The summed E-state index contributed by atoms with van der Waals surface area (Å²) in [6, 6.07) is 11.8. The number of amides is 1. The third-order valence-electron chi connectivity index (χ3n) is 3.58. The smallest absolute Gasteiger partial charge is 0.230 e. The van der Waals surface area contributed by atoms with Crippen molar-refractivity contribution in [2.45, 2.75) is 13.5 Å². The minimum Gasteiger partial charge on any atom is -0.486 e. The van der Waals surface area contributed by atoms with Crippen LogP contribution in [-0.2, 0) is 11.4 Å².